The van der Waals surface area contributed by atoms with Crippen molar-refractivity contribution in [3.05, 3.63) is 71.8 Å². The fourth-order valence-corrected chi connectivity index (χ4v) is 2.77. The SMILES string of the molecule is COc1ccc(CC(C)[NH+](C)C)cc1.COc1ccc(CC(C)[NH+](C)C)cc1.O=C([O-])/C=C/C(=O)[O-]. The molecule has 2 unspecified atom stereocenters. The summed E-state index contributed by atoms with van der Waals surface area (Å²) in [5.74, 6) is -1.24. The van der Waals surface area contributed by atoms with Gasteiger partial charge >= 0.3 is 0 Å². The fraction of sp³-hybridized carbons (Fsp3) is 0.429. The van der Waals surface area contributed by atoms with E-state index in [1.165, 1.54) is 20.9 Å². The van der Waals surface area contributed by atoms with Crippen LogP contribution in [0.4, 0.5) is 0 Å². The molecule has 0 radical (unpaired) electrons. The maximum atomic E-state index is 9.41. The van der Waals surface area contributed by atoms with Crippen molar-refractivity contribution in [1.82, 2.24) is 0 Å². The minimum atomic E-state index is -1.55. The number of hydrogen-bond acceptors (Lipinski definition) is 6. The van der Waals surface area contributed by atoms with Crippen LogP contribution in [0.2, 0.25) is 0 Å². The number of benzene rings is 2. The van der Waals surface area contributed by atoms with Gasteiger partial charge in [0.1, 0.15) is 11.5 Å². The lowest BCUT2D eigenvalue weighted by Crippen LogP contribution is -3.09. The molecule has 2 N–H and O–H groups in total. The monoisotopic (exact) mass is 502 g/mol. The van der Waals surface area contributed by atoms with Gasteiger partial charge in [-0.05, 0) is 61.4 Å². The number of rotatable bonds is 10. The number of aliphatic carboxylic acids is 2. The summed E-state index contributed by atoms with van der Waals surface area (Å²) in [6, 6.07) is 17.9. The Morgan fingerprint density at radius 3 is 1.17 bits per heavy atom. The van der Waals surface area contributed by atoms with Crippen LogP contribution in [0.3, 0.4) is 0 Å². The van der Waals surface area contributed by atoms with Crippen molar-refractivity contribution in [3.63, 3.8) is 0 Å². The average molecular weight is 503 g/mol. The molecule has 2 aromatic rings. The first-order valence-corrected chi connectivity index (χ1v) is 11.9. The van der Waals surface area contributed by atoms with Crippen molar-refractivity contribution in [3.8, 4) is 11.5 Å². The van der Waals surface area contributed by atoms with Crippen molar-refractivity contribution < 1.29 is 39.1 Å². The molecule has 0 aliphatic heterocycles. The molecular weight excluding hydrogens is 460 g/mol. The van der Waals surface area contributed by atoms with Crippen molar-refractivity contribution in [2.45, 2.75) is 38.8 Å². The van der Waals surface area contributed by atoms with Crippen molar-refractivity contribution in [1.29, 1.82) is 0 Å². The molecular formula is C28H42N2O6. The fourth-order valence-electron chi connectivity index (χ4n) is 2.77. The molecule has 0 aromatic heterocycles. The van der Waals surface area contributed by atoms with Crippen LogP contribution in [0.25, 0.3) is 0 Å². The number of carbonyl (C=O) groups is 2. The molecule has 8 heteroatoms. The van der Waals surface area contributed by atoms with Crippen LogP contribution in [0.5, 0.6) is 11.5 Å². The van der Waals surface area contributed by atoms with Gasteiger partial charge in [-0.15, -0.1) is 0 Å². The van der Waals surface area contributed by atoms with Crippen LogP contribution >= 0.6 is 0 Å². The molecule has 0 aliphatic carbocycles. The zero-order chi connectivity index (χ0) is 27.7. The molecule has 0 fully saturated rings. The highest BCUT2D eigenvalue weighted by atomic mass is 16.5. The highest BCUT2D eigenvalue weighted by Crippen LogP contribution is 2.12. The molecule has 2 atom stereocenters. The first-order valence-electron chi connectivity index (χ1n) is 11.9. The van der Waals surface area contributed by atoms with E-state index in [0.717, 1.165) is 24.3 Å². The predicted molar refractivity (Wildman–Crippen MR) is 137 cm³/mol. The van der Waals surface area contributed by atoms with E-state index in [9.17, 15) is 19.8 Å². The number of carboxylic acids is 2. The van der Waals surface area contributed by atoms with Crippen LogP contribution in [0.1, 0.15) is 25.0 Å². The number of carbonyl (C=O) groups excluding carboxylic acids is 2. The summed E-state index contributed by atoms with van der Waals surface area (Å²) in [6.07, 6.45) is 3.00. The second kappa shape index (κ2) is 18.0. The third kappa shape index (κ3) is 15.5. The Bertz CT molecular complexity index is 833. The number of ether oxygens (including phenoxy) is 2. The smallest absolute Gasteiger partial charge is 0.118 e. The highest BCUT2D eigenvalue weighted by Gasteiger charge is 2.09. The minimum Gasteiger partial charge on any atom is -0.545 e. The summed E-state index contributed by atoms with van der Waals surface area (Å²) in [5, 5.41) is 18.8. The van der Waals surface area contributed by atoms with Gasteiger partial charge in [-0.1, -0.05) is 24.3 Å². The maximum Gasteiger partial charge on any atom is 0.118 e. The molecule has 200 valence electrons. The van der Waals surface area contributed by atoms with E-state index in [2.05, 4.69) is 66.3 Å². The zero-order valence-electron chi connectivity index (χ0n) is 22.8. The van der Waals surface area contributed by atoms with Crippen molar-refractivity contribution in [2.24, 2.45) is 0 Å². The number of nitrogens with one attached hydrogen (secondary N) is 2. The first-order chi connectivity index (χ1) is 16.9. The molecule has 0 aliphatic rings. The average Bonchev–Trinajstić information content (AvgIpc) is 2.84. The first kappa shape index (κ1) is 32.6. The Morgan fingerprint density at radius 2 is 0.972 bits per heavy atom. The second-order valence-corrected chi connectivity index (χ2v) is 9.03. The van der Waals surface area contributed by atoms with Crippen molar-refractivity contribution in [2.75, 3.05) is 42.4 Å². The number of likely N-dealkylation sites (N-methyl/N-ethyl adjacent to an activating group) is 2. The lowest BCUT2D eigenvalue weighted by atomic mass is 10.1. The van der Waals surface area contributed by atoms with E-state index in [-0.39, 0.29) is 0 Å². The van der Waals surface area contributed by atoms with Gasteiger partial charge in [-0.3, -0.25) is 0 Å². The van der Waals surface area contributed by atoms with Gasteiger partial charge < -0.3 is 39.1 Å². The lowest BCUT2D eigenvalue weighted by Gasteiger charge is -2.16. The van der Waals surface area contributed by atoms with Gasteiger partial charge in [0.25, 0.3) is 0 Å². The summed E-state index contributed by atoms with van der Waals surface area (Å²) < 4.78 is 10.2. The van der Waals surface area contributed by atoms with Crippen LogP contribution < -0.4 is 29.5 Å². The molecule has 0 saturated carbocycles. The summed E-state index contributed by atoms with van der Waals surface area (Å²) in [4.78, 5) is 21.8. The second-order valence-electron chi connectivity index (χ2n) is 9.03. The topological polar surface area (TPSA) is 108 Å². The summed E-state index contributed by atoms with van der Waals surface area (Å²) >= 11 is 0. The molecule has 0 saturated heterocycles. The van der Waals surface area contributed by atoms with E-state index in [0.29, 0.717) is 24.2 Å². The summed E-state index contributed by atoms with van der Waals surface area (Å²) in [5.41, 5.74) is 2.75. The predicted octanol–water partition coefficient (Wildman–Crippen LogP) is -1.42. The normalized spacial score (nSPS) is 12.2. The molecule has 2 aromatic carbocycles. The van der Waals surface area contributed by atoms with Crippen LogP contribution in [0, 0.1) is 0 Å². The lowest BCUT2D eigenvalue weighted by molar-refractivity contribution is -0.883. The summed E-state index contributed by atoms with van der Waals surface area (Å²) in [7, 11) is 12.1. The minimum absolute atomic E-state index is 0.384. The van der Waals surface area contributed by atoms with Gasteiger partial charge in [0.05, 0.1) is 66.4 Å². The van der Waals surface area contributed by atoms with Gasteiger partial charge in [0.2, 0.25) is 0 Å². The Balaban J connectivity index is 0.000000533. The van der Waals surface area contributed by atoms with Crippen LogP contribution in [-0.2, 0) is 22.4 Å². The molecule has 0 bridgehead atoms. The van der Waals surface area contributed by atoms with Gasteiger partial charge in [-0.2, -0.15) is 0 Å². The van der Waals surface area contributed by atoms with Gasteiger partial charge in [0, 0.05) is 12.8 Å². The molecule has 0 spiro atoms. The van der Waals surface area contributed by atoms with Crippen LogP contribution in [-0.4, -0.2) is 66.4 Å². The van der Waals surface area contributed by atoms with Gasteiger partial charge in [-0.25, -0.2) is 0 Å². The Labute approximate surface area is 215 Å². The van der Waals surface area contributed by atoms with E-state index in [1.54, 1.807) is 14.2 Å². The number of quaternary nitrogens is 2. The third-order valence-electron chi connectivity index (χ3n) is 5.73. The van der Waals surface area contributed by atoms with E-state index in [4.69, 9.17) is 9.47 Å². The van der Waals surface area contributed by atoms with E-state index in [1.807, 2.05) is 24.3 Å². The van der Waals surface area contributed by atoms with Gasteiger partial charge in [0.15, 0.2) is 0 Å². The maximum absolute atomic E-state index is 9.41. The molecule has 8 nitrogen and oxygen atoms in total. The van der Waals surface area contributed by atoms with E-state index < -0.39 is 11.9 Å². The van der Waals surface area contributed by atoms with E-state index >= 15 is 0 Å². The van der Waals surface area contributed by atoms with Crippen molar-refractivity contribution >= 4 is 11.9 Å². The highest BCUT2D eigenvalue weighted by molar-refractivity contribution is 5.87. The molecule has 2 rings (SSSR count). The zero-order valence-corrected chi connectivity index (χ0v) is 22.8. The summed E-state index contributed by atoms with van der Waals surface area (Å²) in [6.45, 7) is 4.53. The van der Waals surface area contributed by atoms with Crippen LogP contribution in [0.15, 0.2) is 60.7 Å². The Hall–Kier alpha value is -3.36. The Morgan fingerprint density at radius 1 is 0.694 bits per heavy atom. The number of carboxylic acid groups (broad SMARTS) is 2. The quantitative estimate of drug-likeness (QED) is 0.387. The number of methoxy groups -OCH3 is 2. The third-order valence-corrected chi connectivity index (χ3v) is 5.73. The standard InChI is InChI=1S/2C12H19NO.C4H4O4/c2*1-10(13(2)3)9-11-5-7-12(14-4)8-6-11;5-3(6)1-2-4(7)8/h2*5-8,10H,9H2,1-4H3;1-2H,(H,5,6)(H,7,8)/b;;2-1+. The molecule has 0 heterocycles. The Kier molecular flexibility index (Phi) is 16.3. The molecule has 36 heavy (non-hydrogen) atoms. The molecule has 0 amide bonds. The number of hydrogen-bond donors (Lipinski definition) is 2. The largest absolute Gasteiger partial charge is 0.545 e.